The second-order valence-corrected chi connectivity index (χ2v) is 7.00. The Morgan fingerprint density at radius 1 is 1.20 bits per heavy atom. The maximum absolute atomic E-state index is 12.5. The van der Waals surface area contributed by atoms with Gasteiger partial charge in [-0.15, -0.1) is 10.2 Å². The van der Waals surface area contributed by atoms with E-state index in [1.807, 2.05) is 0 Å². The summed E-state index contributed by atoms with van der Waals surface area (Å²) in [5.74, 6) is 0.750. The van der Waals surface area contributed by atoms with Gasteiger partial charge < -0.3 is 15.2 Å². The summed E-state index contributed by atoms with van der Waals surface area (Å²) in [6.45, 7) is 0.0583. The second kappa shape index (κ2) is 7.11. The number of nitrogens with two attached hydrogens (primary N) is 1. The molecule has 25 heavy (non-hydrogen) atoms. The number of thioether (sulfide) groups is 1. The van der Waals surface area contributed by atoms with Gasteiger partial charge in [-0.25, -0.2) is 0 Å². The molecule has 0 atom stereocenters. The standard InChI is InChI=1S/C15H14N4O4S2/c1-22-9-4-3-8(5-10(9)23-2)6-11-13(20)19(15(21)24-11)7-12-17-18-14(16)25-12/h3-6H,7H2,1-2H3,(H2,16,18). The molecule has 0 radical (unpaired) electrons. The lowest BCUT2D eigenvalue weighted by atomic mass is 10.2. The van der Waals surface area contributed by atoms with E-state index >= 15 is 0 Å². The average Bonchev–Trinajstić information content (AvgIpc) is 3.13. The molecule has 1 aliphatic heterocycles. The van der Waals surface area contributed by atoms with Crippen LogP contribution in [0.5, 0.6) is 11.5 Å². The van der Waals surface area contributed by atoms with E-state index in [0.717, 1.165) is 33.6 Å². The molecule has 10 heteroatoms. The third-order valence-electron chi connectivity index (χ3n) is 3.35. The van der Waals surface area contributed by atoms with Gasteiger partial charge in [0.25, 0.3) is 11.1 Å². The van der Waals surface area contributed by atoms with Gasteiger partial charge in [-0.05, 0) is 35.5 Å². The van der Waals surface area contributed by atoms with Gasteiger partial charge in [-0.3, -0.25) is 14.5 Å². The minimum absolute atomic E-state index is 0.0583. The van der Waals surface area contributed by atoms with E-state index in [9.17, 15) is 9.59 Å². The van der Waals surface area contributed by atoms with Gasteiger partial charge >= 0.3 is 0 Å². The molecule has 130 valence electrons. The predicted octanol–water partition coefficient (Wildman–Crippen LogP) is 2.37. The van der Waals surface area contributed by atoms with Crippen LogP contribution in [0.2, 0.25) is 0 Å². The Labute approximate surface area is 151 Å². The Kier molecular flexibility index (Phi) is 4.91. The van der Waals surface area contributed by atoms with Crippen LogP contribution in [-0.4, -0.2) is 40.5 Å². The fraction of sp³-hybridized carbons (Fsp3) is 0.200. The Hall–Kier alpha value is -2.59. The van der Waals surface area contributed by atoms with Gasteiger partial charge in [0.05, 0.1) is 25.7 Å². The number of carbonyl (C=O) groups excluding carboxylic acids is 2. The van der Waals surface area contributed by atoms with E-state index in [-0.39, 0.29) is 17.7 Å². The van der Waals surface area contributed by atoms with Crippen molar-refractivity contribution in [1.29, 1.82) is 0 Å². The van der Waals surface area contributed by atoms with Crippen LogP contribution in [0.15, 0.2) is 23.1 Å². The molecule has 0 aliphatic carbocycles. The smallest absolute Gasteiger partial charge is 0.293 e. The second-order valence-electron chi connectivity index (χ2n) is 4.92. The number of hydrogen-bond acceptors (Lipinski definition) is 9. The first-order valence-electron chi connectivity index (χ1n) is 7.07. The normalized spacial score (nSPS) is 15.9. The Balaban J connectivity index is 1.82. The number of benzene rings is 1. The highest BCUT2D eigenvalue weighted by atomic mass is 32.2. The molecule has 0 unspecified atom stereocenters. The summed E-state index contributed by atoms with van der Waals surface area (Å²) in [4.78, 5) is 26.1. The van der Waals surface area contributed by atoms with E-state index in [0.29, 0.717) is 26.5 Å². The van der Waals surface area contributed by atoms with Crippen LogP contribution in [0.3, 0.4) is 0 Å². The molecule has 0 spiro atoms. The number of methoxy groups -OCH3 is 2. The first-order valence-corrected chi connectivity index (χ1v) is 8.70. The van der Waals surface area contributed by atoms with Gasteiger partial charge in [0, 0.05) is 0 Å². The summed E-state index contributed by atoms with van der Waals surface area (Å²) in [5.41, 5.74) is 6.25. The van der Waals surface area contributed by atoms with Crippen LogP contribution in [0.1, 0.15) is 10.6 Å². The molecule has 1 fully saturated rings. The summed E-state index contributed by atoms with van der Waals surface area (Å²) >= 11 is 2.02. The maximum atomic E-state index is 12.5. The quantitative estimate of drug-likeness (QED) is 0.790. The third kappa shape index (κ3) is 3.59. The number of nitrogens with zero attached hydrogens (tertiary/aromatic N) is 3. The van der Waals surface area contributed by atoms with Gasteiger partial charge in [-0.2, -0.15) is 0 Å². The summed E-state index contributed by atoms with van der Waals surface area (Å²) < 4.78 is 10.4. The van der Waals surface area contributed by atoms with Crippen LogP contribution in [0.4, 0.5) is 9.93 Å². The highest BCUT2D eigenvalue weighted by Crippen LogP contribution is 2.35. The van der Waals surface area contributed by atoms with E-state index < -0.39 is 0 Å². The molecule has 2 aromatic rings. The minimum Gasteiger partial charge on any atom is -0.493 e. The number of carbonyl (C=O) groups is 2. The number of aromatic nitrogens is 2. The van der Waals surface area contributed by atoms with Crippen LogP contribution < -0.4 is 15.2 Å². The molecule has 2 amide bonds. The number of hydrogen-bond donors (Lipinski definition) is 1. The molecule has 0 saturated carbocycles. The SMILES string of the molecule is COc1ccc(C=C2SC(=O)N(Cc3nnc(N)s3)C2=O)cc1OC. The third-order valence-corrected chi connectivity index (χ3v) is 5.00. The number of imide groups is 1. The van der Waals surface area contributed by atoms with Crippen molar-refractivity contribution in [2.75, 3.05) is 20.0 Å². The topological polar surface area (TPSA) is 108 Å². The lowest BCUT2D eigenvalue weighted by Gasteiger charge is -2.09. The number of ether oxygens (including phenoxy) is 2. The van der Waals surface area contributed by atoms with E-state index in [4.69, 9.17) is 15.2 Å². The first kappa shape index (κ1) is 17.2. The van der Waals surface area contributed by atoms with E-state index in [2.05, 4.69) is 10.2 Å². The number of anilines is 1. The van der Waals surface area contributed by atoms with Crippen LogP contribution >= 0.6 is 23.1 Å². The Bertz CT molecular complexity index is 865. The zero-order valence-corrected chi connectivity index (χ0v) is 15.0. The van der Waals surface area contributed by atoms with Crippen molar-refractivity contribution in [1.82, 2.24) is 15.1 Å². The van der Waals surface area contributed by atoms with Crippen LogP contribution in [0, 0.1) is 0 Å². The molecule has 3 rings (SSSR count). The first-order chi connectivity index (χ1) is 12.0. The Morgan fingerprint density at radius 2 is 1.96 bits per heavy atom. The zero-order chi connectivity index (χ0) is 18.0. The van der Waals surface area contributed by atoms with E-state index in [1.165, 1.54) is 7.11 Å². The summed E-state index contributed by atoms with van der Waals surface area (Å²) in [6, 6.07) is 5.25. The van der Waals surface area contributed by atoms with Crippen molar-refractivity contribution >= 4 is 45.5 Å². The van der Waals surface area contributed by atoms with Crippen molar-refractivity contribution in [3.05, 3.63) is 33.7 Å². The van der Waals surface area contributed by atoms with Crippen LogP contribution in [0.25, 0.3) is 6.08 Å². The number of amides is 2. The summed E-state index contributed by atoms with van der Waals surface area (Å²) in [6.07, 6.45) is 1.64. The fourth-order valence-corrected chi connectivity index (χ4v) is 3.63. The van der Waals surface area contributed by atoms with Gasteiger partial charge in [0.15, 0.2) is 11.5 Å². The molecule has 1 aromatic heterocycles. The molecule has 1 saturated heterocycles. The largest absolute Gasteiger partial charge is 0.493 e. The van der Waals surface area contributed by atoms with Crippen LogP contribution in [-0.2, 0) is 11.3 Å². The maximum Gasteiger partial charge on any atom is 0.293 e. The van der Waals surface area contributed by atoms with Crippen molar-refractivity contribution in [2.45, 2.75) is 6.54 Å². The average molecular weight is 378 g/mol. The highest BCUT2D eigenvalue weighted by molar-refractivity contribution is 8.18. The van der Waals surface area contributed by atoms with Gasteiger partial charge in [-0.1, -0.05) is 17.4 Å². The van der Waals surface area contributed by atoms with Crippen molar-refractivity contribution in [3.8, 4) is 11.5 Å². The highest BCUT2D eigenvalue weighted by Gasteiger charge is 2.35. The molecule has 1 aliphatic rings. The van der Waals surface area contributed by atoms with Gasteiger partial charge in [0.2, 0.25) is 5.13 Å². The predicted molar refractivity (Wildman–Crippen MR) is 95.4 cm³/mol. The molecule has 0 bridgehead atoms. The summed E-state index contributed by atoms with van der Waals surface area (Å²) in [5, 5.41) is 7.96. The zero-order valence-electron chi connectivity index (χ0n) is 13.4. The van der Waals surface area contributed by atoms with Crippen molar-refractivity contribution in [3.63, 3.8) is 0 Å². The monoisotopic (exact) mass is 378 g/mol. The summed E-state index contributed by atoms with van der Waals surface area (Å²) in [7, 11) is 3.08. The lowest BCUT2D eigenvalue weighted by molar-refractivity contribution is -0.123. The van der Waals surface area contributed by atoms with Gasteiger partial charge in [0.1, 0.15) is 5.01 Å². The molecule has 2 heterocycles. The molecule has 8 nitrogen and oxygen atoms in total. The van der Waals surface area contributed by atoms with Crippen molar-refractivity contribution in [2.24, 2.45) is 0 Å². The molecular formula is C15H14N4O4S2. The van der Waals surface area contributed by atoms with Crippen molar-refractivity contribution < 1.29 is 19.1 Å². The van der Waals surface area contributed by atoms with E-state index in [1.54, 1.807) is 31.4 Å². The Morgan fingerprint density at radius 3 is 2.60 bits per heavy atom. The number of rotatable bonds is 5. The number of nitrogen functional groups attached to an aromatic ring is 1. The fourth-order valence-electron chi connectivity index (χ4n) is 2.20. The lowest BCUT2D eigenvalue weighted by Crippen LogP contribution is -2.27. The molecule has 1 aromatic carbocycles. The minimum atomic E-state index is -0.376. The molecule has 2 N–H and O–H groups in total. The molecular weight excluding hydrogens is 364 g/mol.